The molecule has 0 spiro atoms. The van der Waals surface area contributed by atoms with Crippen LogP contribution in [0.25, 0.3) is 0 Å². The Kier molecular flexibility index (Phi) is 3.01. The van der Waals surface area contributed by atoms with Crippen molar-refractivity contribution in [1.82, 2.24) is 14.8 Å². The molecule has 16 heavy (non-hydrogen) atoms. The van der Waals surface area contributed by atoms with Crippen molar-refractivity contribution in [2.24, 2.45) is 7.05 Å². The van der Waals surface area contributed by atoms with E-state index in [0.29, 0.717) is 12.0 Å². The van der Waals surface area contributed by atoms with E-state index in [4.69, 9.17) is 11.6 Å². The van der Waals surface area contributed by atoms with Crippen LogP contribution in [0.2, 0.25) is 0 Å². The van der Waals surface area contributed by atoms with E-state index in [1.807, 2.05) is 13.2 Å². The molecule has 5 heteroatoms. The highest BCUT2D eigenvalue weighted by molar-refractivity contribution is 6.67. The molecular formula is C11H10ClN3O. The quantitative estimate of drug-likeness (QED) is 0.762. The van der Waals surface area contributed by atoms with Gasteiger partial charge in [0.1, 0.15) is 0 Å². The monoisotopic (exact) mass is 235 g/mol. The molecule has 2 aromatic heterocycles. The molecule has 0 bridgehead atoms. The SMILES string of the molecule is Cn1cc(Cc2ccc(C(=O)Cl)cn2)cn1. The number of hydrogen-bond donors (Lipinski definition) is 0. The average Bonchev–Trinajstić information content (AvgIpc) is 2.65. The summed E-state index contributed by atoms with van der Waals surface area (Å²) >= 11 is 5.33. The van der Waals surface area contributed by atoms with Crippen LogP contribution in [0.5, 0.6) is 0 Å². The predicted molar refractivity (Wildman–Crippen MR) is 60.4 cm³/mol. The van der Waals surface area contributed by atoms with E-state index in [1.54, 1.807) is 23.0 Å². The van der Waals surface area contributed by atoms with E-state index >= 15 is 0 Å². The zero-order valence-corrected chi connectivity index (χ0v) is 9.48. The molecule has 0 radical (unpaired) electrons. The van der Waals surface area contributed by atoms with Crippen LogP contribution in [0.1, 0.15) is 21.6 Å². The van der Waals surface area contributed by atoms with Crippen LogP contribution < -0.4 is 0 Å². The molecular weight excluding hydrogens is 226 g/mol. The summed E-state index contributed by atoms with van der Waals surface area (Å²) in [5, 5.41) is 3.59. The molecule has 0 aliphatic rings. The number of nitrogens with zero attached hydrogens (tertiary/aromatic N) is 3. The first-order valence-corrected chi connectivity index (χ1v) is 5.15. The Hall–Kier alpha value is -1.68. The highest BCUT2D eigenvalue weighted by atomic mass is 35.5. The van der Waals surface area contributed by atoms with Gasteiger partial charge in [0.25, 0.3) is 5.24 Å². The first-order chi connectivity index (χ1) is 7.65. The number of carbonyl (C=O) groups is 1. The third-order valence-corrected chi connectivity index (χ3v) is 2.41. The molecule has 0 atom stereocenters. The van der Waals surface area contributed by atoms with Crippen molar-refractivity contribution >= 4 is 16.8 Å². The van der Waals surface area contributed by atoms with E-state index in [2.05, 4.69) is 10.1 Å². The minimum absolute atomic E-state index is 0.414. The predicted octanol–water partition coefficient (Wildman–Crippen LogP) is 1.78. The second kappa shape index (κ2) is 4.45. The summed E-state index contributed by atoms with van der Waals surface area (Å²) in [6.07, 6.45) is 5.91. The van der Waals surface area contributed by atoms with Gasteiger partial charge in [-0.2, -0.15) is 5.10 Å². The van der Waals surface area contributed by atoms with Crippen LogP contribution in [0, 0.1) is 0 Å². The van der Waals surface area contributed by atoms with Gasteiger partial charge in [0.2, 0.25) is 0 Å². The molecule has 0 amide bonds. The molecule has 0 N–H and O–H groups in total. The van der Waals surface area contributed by atoms with Gasteiger partial charge in [-0.1, -0.05) is 0 Å². The fraction of sp³-hybridized carbons (Fsp3) is 0.182. The highest BCUT2D eigenvalue weighted by Gasteiger charge is 2.03. The summed E-state index contributed by atoms with van der Waals surface area (Å²) in [5.74, 6) is 0. The molecule has 0 saturated carbocycles. The van der Waals surface area contributed by atoms with Crippen LogP contribution in [0.3, 0.4) is 0 Å². The van der Waals surface area contributed by atoms with Crippen molar-refractivity contribution in [1.29, 1.82) is 0 Å². The minimum atomic E-state index is -0.486. The Morgan fingerprint density at radius 3 is 2.75 bits per heavy atom. The molecule has 4 nitrogen and oxygen atoms in total. The molecule has 0 aliphatic carbocycles. The lowest BCUT2D eigenvalue weighted by atomic mass is 10.1. The Balaban J connectivity index is 2.14. The lowest BCUT2D eigenvalue weighted by Crippen LogP contribution is -1.95. The van der Waals surface area contributed by atoms with Gasteiger partial charge in [0, 0.05) is 31.6 Å². The second-order valence-electron chi connectivity index (χ2n) is 3.51. The summed E-state index contributed by atoms with van der Waals surface area (Å²) < 4.78 is 1.74. The topological polar surface area (TPSA) is 47.8 Å². The maximum absolute atomic E-state index is 10.8. The van der Waals surface area contributed by atoms with Crippen LogP contribution in [0.15, 0.2) is 30.7 Å². The summed E-state index contributed by atoms with van der Waals surface area (Å²) in [5.41, 5.74) is 2.38. The third kappa shape index (κ3) is 2.46. The maximum Gasteiger partial charge on any atom is 0.253 e. The minimum Gasteiger partial charge on any atom is -0.276 e. The van der Waals surface area contributed by atoms with Crippen molar-refractivity contribution in [3.63, 3.8) is 0 Å². The van der Waals surface area contributed by atoms with Crippen molar-refractivity contribution in [3.05, 3.63) is 47.5 Å². The molecule has 82 valence electrons. The molecule has 0 unspecified atom stereocenters. The molecule has 2 heterocycles. The van der Waals surface area contributed by atoms with Crippen molar-refractivity contribution in [2.75, 3.05) is 0 Å². The van der Waals surface area contributed by atoms with E-state index < -0.39 is 5.24 Å². The van der Waals surface area contributed by atoms with E-state index in [-0.39, 0.29) is 0 Å². The Bertz CT molecular complexity index is 504. The molecule has 0 aliphatic heterocycles. The van der Waals surface area contributed by atoms with Gasteiger partial charge in [-0.05, 0) is 29.3 Å². The number of halogens is 1. The van der Waals surface area contributed by atoms with Crippen molar-refractivity contribution in [2.45, 2.75) is 6.42 Å². The molecule has 0 aromatic carbocycles. The number of aromatic nitrogens is 3. The molecule has 2 rings (SSSR count). The van der Waals surface area contributed by atoms with Crippen molar-refractivity contribution < 1.29 is 4.79 Å². The van der Waals surface area contributed by atoms with Gasteiger partial charge in [-0.15, -0.1) is 0 Å². The van der Waals surface area contributed by atoms with E-state index in [9.17, 15) is 4.79 Å². The largest absolute Gasteiger partial charge is 0.276 e. The lowest BCUT2D eigenvalue weighted by molar-refractivity contribution is 0.108. The van der Waals surface area contributed by atoms with Crippen LogP contribution >= 0.6 is 11.6 Å². The maximum atomic E-state index is 10.8. The fourth-order valence-corrected chi connectivity index (χ4v) is 1.53. The van der Waals surface area contributed by atoms with E-state index in [0.717, 1.165) is 11.3 Å². The second-order valence-corrected chi connectivity index (χ2v) is 3.85. The number of pyridine rings is 1. The number of aryl methyl sites for hydroxylation is 1. The summed E-state index contributed by atoms with van der Waals surface area (Å²) in [4.78, 5) is 15.0. The Morgan fingerprint density at radius 2 is 2.25 bits per heavy atom. The van der Waals surface area contributed by atoms with Crippen LogP contribution in [-0.2, 0) is 13.5 Å². The summed E-state index contributed by atoms with van der Waals surface area (Å²) in [6, 6.07) is 3.47. The molecule has 0 fully saturated rings. The van der Waals surface area contributed by atoms with Gasteiger partial charge in [-0.25, -0.2) is 0 Å². The fourth-order valence-electron chi connectivity index (χ4n) is 1.42. The summed E-state index contributed by atoms with van der Waals surface area (Å²) in [6.45, 7) is 0. The Labute approximate surface area is 97.9 Å². The molecule has 2 aromatic rings. The van der Waals surface area contributed by atoms with Gasteiger partial charge in [-0.3, -0.25) is 14.5 Å². The van der Waals surface area contributed by atoms with Gasteiger partial charge >= 0.3 is 0 Å². The normalized spacial score (nSPS) is 10.4. The average molecular weight is 236 g/mol. The van der Waals surface area contributed by atoms with Crippen molar-refractivity contribution in [3.8, 4) is 0 Å². The number of carbonyl (C=O) groups excluding carboxylic acids is 1. The first-order valence-electron chi connectivity index (χ1n) is 4.77. The van der Waals surface area contributed by atoms with E-state index in [1.165, 1.54) is 6.20 Å². The standard InChI is InChI=1S/C11H10ClN3O/c1-15-7-8(5-14-15)4-10-3-2-9(6-13-10)11(12)16/h2-3,5-7H,4H2,1H3. The smallest absolute Gasteiger partial charge is 0.253 e. The summed E-state index contributed by atoms with van der Waals surface area (Å²) in [7, 11) is 1.87. The number of rotatable bonds is 3. The van der Waals surface area contributed by atoms with Gasteiger partial charge in [0.15, 0.2) is 0 Å². The highest BCUT2D eigenvalue weighted by Crippen LogP contribution is 2.08. The first kappa shape index (κ1) is 10.8. The third-order valence-electron chi connectivity index (χ3n) is 2.20. The van der Waals surface area contributed by atoms with Gasteiger partial charge < -0.3 is 0 Å². The van der Waals surface area contributed by atoms with Gasteiger partial charge in [0.05, 0.1) is 11.8 Å². The lowest BCUT2D eigenvalue weighted by Gasteiger charge is -1.98. The zero-order chi connectivity index (χ0) is 11.5. The Morgan fingerprint density at radius 1 is 1.44 bits per heavy atom. The number of hydrogen-bond acceptors (Lipinski definition) is 3. The van der Waals surface area contributed by atoms with Crippen LogP contribution in [0.4, 0.5) is 0 Å². The zero-order valence-electron chi connectivity index (χ0n) is 8.72. The molecule has 0 saturated heterocycles. The van der Waals surface area contributed by atoms with Crippen LogP contribution in [-0.4, -0.2) is 20.0 Å².